The van der Waals surface area contributed by atoms with Crippen molar-refractivity contribution in [3.05, 3.63) is 63.6 Å². The molecule has 2 saturated heterocycles. The SMILES string of the molecule is CCOC(=O)c1cn2c(c(OCc3ccccc3)c1=O)C(=O)N1C[C@H]3CC[C@@]1(CC3)C2. The summed E-state index contributed by atoms with van der Waals surface area (Å²) in [5.41, 5.74) is 0.199. The molecule has 1 aromatic heterocycles. The zero-order valence-electron chi connectivity index (χ0n) is 17.6. The summed E-state index contributed by atoms with van der Waals surface area (Å²) >= 11 is 0. The van der Waals surface area contributed by atoms with Gasteiger partial charge in [-0.2, -0.15) is 0 Å². The van der Waals surface area contributed by atoms with E-state index >= 15 is 0 Å². The van der Waals surface area contributed by atoms with Crippen LogP contribution in [0.25, 0.3) is 0 Å². The van der Waals surface area contributed by atoms with Crippen molar-refractivity contribution in [2.45, 2.75) is 51.3 Å². The fraction of sp³-hybridized carbons (Fsp3) is 0.458. The third-order valence-electron chi connectivity index (χ3n) is 6.92. The highest BCUT2D eigenvalue weighted by molar-refractivity contribution is 5.98. The van der Waals surface area contributed by atoms with Crippen LogP contribution in [-0.4, -0.2) is 40.0 Å². The molecule has 1 saturated carbocycles. The topological polar surface area (TPSA) is 77.8 Å². The molecule has 2 aromatic rings. The maximum absolute atomic E-state index is 13.6. The fourth-order valence-corrected chi connectivity index (χ4v) is 5.31. The van der Waals surface area contributed by atoms with Gasteiger partial charge in [0, 0.05) is 19.3 Å². The van der Waals surface area contributed by atoms with Crippen molar-refractivity contribution in [2.24, 2.45) is 5.92 Å². The summed E-state index contributed by atoms with van der Waals surface area (Å²) in [6, 6.07) is 9.44. The van der Waals surface area contributed by atoms with E-state index in [-0.39, 0.29) is 41.7 Å². The average molecular weight is 422 g/mol. The zero-order chi connectivity index (χ0) is 21.6. The Morgan fingerprint density at radius 1 is 1.16 bits per heavy atom. The number of hydrogen-bond acceptors (Lipinski definition) is 5. The Morgan fingerprint density at radius 3 is 2.61 bits per heavy atom. The maximum Gasteiger partial charge on any atom is 0.343 e. The summed E-state index contributed by atoms with van der Waals surface area (Å²) in [7, 11) is 0. The van der Waals surface area contributed by atoms with Gasteiger partial charge in [-0.1, -0.05) is 30.3 Å². The molecule has 4 heterocycles. The highest BCUT2D eigenvalue weighted by atomic mass is 16.5. The number of aromatic nitrogens is 1. The van der Waals surface area contributed by atoms with Gasteiger partial charge in [0.25, 0.3) is 5.91 Å². The molecule has 3 aliphatic heterocycles. The van der Waals surface area contributed by atoms with Crippen molar-refractivity contribution in [2.75, 3.05) is 13.2 Å². The number of hydrogen-bond donors (Lipinski definition) is 0. The first-order valence-electron chi connectivity index (χ1n) is 11.0. The molecule has 2 bridgehead atoms. The van der Waals surface area contributed by atoms with Gasteiger partial charge < -0.3 is 18.9 Å². The van der Waals surface area contributed by atoms with Crippen molar-refractivity contribution >= 4 is 11.9 Å². The lowest BCUT2D eigenvalue weighted by Gasteiger charge is -2.57. The van der Waals surface area contributed by atoms with Gasteiger partial charge in [-0.05, 0) is 44.1 Å². The van der Waals surface area contributed by atoms with Crippen LogP contribution in [0, 0.1) is 5.92 Å². The molecule has 0 radical (unpaired) electrons. The Hall–Kier alpha value is -3.09. The molecule has 0 unspecified atom stereocenters. The predicted octanol–water partition coefficient (Wildman–Crippen LogP) is 3.00. The third kappa shape index (κ3) is 3.23. The standard InChI is InChI=1S/C24H26N2O5/c1-2-30-23(29)18-13-25-15-24-10-8-16(9-11-24)12-26(24)22(28)19(25)21(20(18)27)31-14-17-6-4-3-5-7-17/h3-7,13,16H,2,8-12,14-15H2,1H3/t16-,24+. The number of carbonyl (C=O) groups is 2. The number of rotatable bonds is 5. The summed E-state index contributed by atoms with van der Waals surface area (Å²) in [5.74, 6) is -0.398. The minimum atomic E-state index is -0.688. The van der Waals surface area contributed by atoms with Crippen LogP contribution in [0.5, 0.6) is 5.75 Å². The van der Waals surface area contributed by atoms with Crippen molar-refractivity contribution < 1.29 is 19.1 Å². The number of carbonyl (C=O) groups excluding carboxylic acids is 2. The zero-order valence-corrected chi connectivity index (χ0v) is 17.6. The quantitative estimate of drug-likeness (QED) is 0.693. The van der Waals surface area contributed by atoms with Gasteiger partial charge in [0.15, 0.2) is 11.4 Å². The van der Waals surface area contributed by atoms with E-state index in [2.05, 4.69) is 0 Å². The van der Waals surface area contributed by atoms with Crippen molar-refractivity contribution in [3.63, 3.8) is 0 Å². The number of piperidine rings is 2. The van der Waals surface area contributed by atoms with Gasteiger partial charge in [0.1, 0.15) is 12.2 Å². The first-order valence-corrected chi connectivity index (χ1v) is 11.0. The molecule has 0 N–H and O–H groups in total. The van der Waals surface area contributed by atoms with E-state index in [0.29, 0.717) is 12.5 Å². The molecule has 7 nitrogen and oxygen atoms in total. The van der Waals surface area contributed by atoms with Crippen LogP contribution >= 0.6 is 0 Å². The fourth-order valence-electron chi connectivity index (χ4n) is 5.31. The molecule has 1 amide bonds. The Bertz CT molecular complexity index is 1080. The van der Waals surface area contributed by atoms with Crippen molar-refractivity contribution in [3.8, 4) is 5.75 Å². The monoisotopic (exact) mass is 422 g/mol. The van der Waals surface area contributed by atoms with Gasteiger partial charge in [-0.25, -0.2) is 4.79 Å². The average Bonchev–Trinajstić information content (AvgIpc) is 2.79. The second-order valence-corrected chi connectivity index (χ2v) is 8.76. The maximum atomic E-state index is 13.6. The second-order valence-electron chi connectivity index (χ2n) is 8.76. The number of esters is 1. The van der Waals surface area contributed by atoms with Gasteiger partial charge in [0.05, 0.1) is 12.1 Å². The summed E-state index contributed by atoms with van der Waals surface area (Å²) in [4.78, 5) is 41.3. The Balaban J connectivity index is 1.61. The third-order valence-corrected chi connectivity index (χ3v) is 6.92. The van der Waals surface area contributed by atoms with E-state index in [9.17, 15) is 14.4 Å². The number of amides is 1. The van der Waals surface area contributed by atoms with Gasteiger partial charge in [0.2, 0.25) is 5.43 Å². The second kappa shape index (κ2) is 7.55. The van der Waals surface area contributed by atoms with Crippen LogP contribution in [-0.2, 0) is 17.9 Å². The molecule has 1 aliphatic carbocycles. The summed E-state index contributed by atoms with van der Waals surface area (Å²) in [6.07, 6.45) is 5.62. The predicted molar refractivity (Wildman–Crippen MR) is 113 cm³/mol. The molecular formula is C24H26N2O5. The van der Waals surface area contributed by atoms with E-state index in [0.717, 1.165) is 37.8 Å². The molecule has 162 valence electrons. The minimum absolute atomic E-state index is 0.0595. The molecule has 6 rings (SSSR count). The van der Waals surface area contributed by atoms with Crippen LogP contribution in [0.2, 0.25) is 0 Å². The molecule has 1 spiro atoms. The van der Waals surface area contributed by atoms with Crippen LogP contribution in [0.15, 0.2) is 41.3 Å². The first kappa shape index (κ1) is 19.8. The molecule has 1 aromatic carbocycles. The Morgan fingerprint density at radius 2 is 1.90 bits per heavy atom. The van der Waals surface area contributed by atoms with Crippen LogP contribution in [0.1, 0.15) is 59.0 Å². The molecule has 4 aliphatic rings. The molecule has 0 atom stereocenters. The number of pyridine rings is 1. The van der Waals surface area contributed by atoms with E-state index < -0.39 is 11.4 Å². The number of nitrogens with zero attached hydrogens (tertiary/aromatic N) is 2. The summed E-state index contributed by atoms with van der Waals surface area (Å²) in [6.45, 7) is 3.29. The van der Waals surface area contributed by atoms with E-state index in [1.54, 1.807) is 11.5 Å². The summed E-state index contributed by atoms with van der Waals surface area (Å²) < 4.78 is 12.8. The number of ether oxygens (including phenoxy) is 2. The largest absolute Gasteiger partial charge is 0.483 e. The van der Waals surface area contributed by atoms with E-state index in [1.807, 2.05) is 35.2 Å². The molecule has 7 heteroatoms. The van der Waals surface area contributed by atoms with Crippen molar-refractivity contribution in [1.29, 1.82) is 0 Å². The highest BCUT2D eigenvalue weighted by Crippen LogP contribution is 2.47. The lowest BCUT2D eigenvalue weighted by Crippen LogP contribution is -2.65. The van der Waals surface area contributed by atoms with E-state index in [1.165, 1.54) is 6.20 Å². The Kier molecular flexibility index (Phi) is 4.84. The Labute approximate surface area is 180 Å². The first-order chi connectivity index (χ1) is 15.0. The van der Waals surface area contributed by atoms with Crippen LogP contribution < -0.4 is 10.2 Å². The highest BCUT2D eigenvalue weighted by Gasteiger charge is 2.52. The van der Waals surface area contributed by atoms with Gasteiger partial charge in [-0.3, -0.25) is 9.59 Å². The minimum Gasteiger partial charge on any atom is -0.483 e. The number of fused-ring (bicyclic) bond motifs is 3. The lowest BCUT2D eigenvalue weighted by atomic mass is 9.69. The molecule has 31 heavy (non-hydrogen) atoms. The number of benzene rings is 1. The molecule has 3 fully saturated rings. The smallest absolute Gasteiger partial charge is 0.343 e. The van der Waals surface area contributed by atoms with E-state index in [4.69, 9.17) is 9.47 Å². The van der Waals surface area contributed by atoms with Crippen LogP contribution in [0.3, 0.4) is 0 Å². The van der Waals surface area contributed by atoms with Crippen LogP contribution in [0.4, 0.5) is 0 Å². The normalized spacial score (nSPS) is 23.8. The lowest BCUT2D eigenvalue weighted by molar-refractivity contribution is -0.0391. The van der Waals surface area contributed by atoms with Gasteiger partial charge >= 0.3 is 5.97 Å². The molecular weight excluding hydrogens is 396 g/mol. The van der Waals surface area contributed by atoms with Crippen molar-refractivity contribution in [1.82, 2.24) is 9.47 Å². The van der Waals surface area contributed by atoms with Gasteiger partial charge in [-0.15, -0.1) is 0 Å². The summed E-state index contributed by atoms with van der Waals surface area (Å²) in [5, 5.41) is 0.